The maximum Gasteiger partial charge on any atom is 0.324 e. The van der Waals surface area contributed by atoms with Crippen LogP contribution in [0.4, 0.5) is 8.78 Å². The second-order valence-corrected chi connectivity index (χ2v) is 6.66. The summed E-state index contributed by atoms with van der Waals surface area (Å²) < 4.78 is 31.3. The number of halogens is 4. The lowest BCUT2D eigenvalue weighted by molar-refractivity contribution is -0.607. The van der Waals surface area contributed by atoms with Gasteiger partial charge in [-0.25, -0.2) is 8.78 Å². The number of rotatable bonds is 1. The Morgan fingerprint density at radius 1 is 1.04 bits per heavy atom. The zero-order valence-electron chi connectivity index (χ0n) is 12.7. The van der Waals surface area contributed by atoms with Crippen LogP contribution in [0.5, 0.6) is 0 Å². The summed E-state index contributed by atoms with van der Waals surface area (Å²) in [5.41, 5.74) is 1.09. The first kappa shape index (κ1) is 16.3. The standard InChI is InChI=1S/C18H10BrClF2N3/c19-10-5-6-13-16(17(10)20)18(15-11(21)3-1-4-12(15)22)24-9-14-23-7-2-8-25(13)14/h1-8H,9H2/q+1. The van der Waals surface area contributed by atoms with E-state index >= 15 is 0 Å². The van der Waals surface area contributed by atoms with Gasteiger partial charge in [-0.1, -0.05) is 22.7 Å². The van der Waals surface area contributed by atoms with E-state index in [0.717, 1.165) is 0 Å². The predicted molar refractivity (Wildman–Crippen MR) is 94.2 cm³/mol. The van der Waals surface area contributed by atoms with Crippen LogP contribution in [-0.4, -0.2) is 10.7 Å². The molecule has 2 aromatic carbocycles. The number of aliphatic imine (C=N–C) groups is 1. The van der Waals surface area contributed by atoms with Crippen molar-refractivity contribution < 1.29 is 13.3 Å². The molecule has 4 rings (SSSR count). The summed E-state index contributed by atoms with van der Waals surface area (Å²) in [5, 5.41) is 0.336. The molecule has 1 aliphatic heterocycles. The van der Waals surface area contributed by atoms with Gasteiger partial charge in [-0.15, -0.1) is 0 Å². The summed E-state index contributed by atoms with van der Waals surface area (Å²) in [6, 6.07) is 9.10. The van der Waals surface area contributed by atoms with E-state index in [1.807, 2.05) is 16.8 Å². The van der Waals surface area contributed by atoms with Crippen molar-refractivity contribution in [1.29, 1.82) is 0 Å². The highest BCUT2D eigenvalue weighted by Crippen LogP contribution is 2.33. The average Bonchev–Trinajstić information content (AvgIpc) is 2.76. The molecule has 1 aromatic heterocycles. The van der Waals surface area contributed by atoms with Crippen LogP contribution in [0.25, 0.3) is 5.69 Å². The summed E-state index contributed by atoms with van der Waals surface area (Å²) in [6.07, 6.45) is 3.47. The lowest BCUT2D eigenvalue weighted by atomic mass is 9.99. The summed E-state index contributed by atoms with van der Waals surface area (Å²) in [6.45, 7) is 0.173. The maximum atomic E-state index is 14.4. The third-order valence-corrected chi connectivity index (χ3v) is 5.25. The Bertz CT molecular complexity index is 1020. The minimum absolute atomic E-state index is 0.169. The molecular formula is C18H10BrClF2N3+. The van der Waals surface area contributed by atoms with E-state index in [1.165, 1.54) is 18.2 Å². The van der Waals surface area contributed by atoms with Gasteiger partial charge in [0.1, 0.15) is 36.3 Å². The quantitative estimate of drug-likeness (QED) is 0.535. The number of nitrogens with zero attached hydrogens (tertiary/aromatic N) is 3. The van der Waals surface area contributed by atoms with Gasteiger partial charge in [-0.05, 0) is 40.2 Å². The van der Waals surface area contributed by atoms with Gasteiger partial charge in [0.05, 0.1) is 21.9 Å². The summed E-state index contributed by atoms with van der Waals surface area (Å²) >= 11 is 9.87. The van der Waals surface area contributed by atoms with Crippen LogP contribution in [0.2, 0.25) is 5.02 Å². The van der Waals surface area contributed by atoms with Crippen molar-refractivity contribution in [2.24, 2.45) is 4.99 Å². The maximum absolute atomic E-state index is 14.4. The molecular weight excluding hydrogens is 412 g/mol. The van der Waals surface area contributed by atoms with Crippen molar-refractivity contribution in [1.82, 2.24) is 4.98 Å². The van der Waals surface area contributed by atoms with Crippen LogP contribution < -0.4 is 4.57 Å². The Morgan fingerprint density at radius 2 is 1.80 bits per heavy atom. The van der Waals surface area contributed by atoms with Crippen LogP contribution in [0.3, 0.4) is 0 Å². The molecule has 3 nitrogen and oxygen atoms in total. The highest BCUT2D eigenvalue weighted by Gasteiger charge is 2.30. The van der Waals surface area contributed by atoms with Crippen LogP contribution in [-0.2, 0) is 6.54 Å². The van der Waals surface area contributed by atoms with E-state index in [4.69, 9.17) is 11.6 Å². The fraction of sp³-hybridized carbons (Fsp3) is 0.0556. The molecule has 0 spiro atoms. The highest BCUT2D eigenvalue weighted by molar-refractivity contribution is 9.10. The average molecular weight is 422 g/mol. The lowest BCUT2D eigenvalue weighted by Gasteiger charge is -2.13. The first-order valence-corrected chi connectivity index (χ1v) is 8.58. The number of hydrogen-bond acceptors (Lipinski definition) is 2. The van der Waals surface area contributed by atoms with Crippen LogP contribution in [0.15, 0.2) is 58.3 Å². The number of hydrogen-bond donors (Lipinski definition) is 0. The predicted octanol–water partition coefficient (Wildman–Crippen LogP) is 4.40. The lowest BCUT2D eigenvalue weighted by Crippen LogP contribution is -2.37. The van der Waals surface area contributed by atoms with Gasteiger partial charge in [0.2, 0.25) is 0 Å². The van der Waals surface area contributed by atoms with Gasteiger partial charge in [0.15, 0.2) is 0 Å². The number of fused-ring (bicyclic) bond motifs is 3. The molecule has 0 bridgehead atoms. The van der Waals surface area contributed by atoms with E-state index in [0.29, 0.717) is 26.6 Å². The Labute approximate surface area is 155 Å². The molecule has 25 heavy (non-hydrogen) atoms. The van der Waals surface area contributed by atoms with Crippen molar-refractivity contribution in [2.75, 3.05) is 0 Å². The zero-order chi connectivity index (χ0) is 17.6. The minimum Gasteiger partial charge on any atom is -0.271 e. The Kier molecular flexibility index (Phi) is 4.09. The fourth-order valence-corrected chi connectivity index (χ4v) is 3.44. The molecule has 0 unspecified atom stereocenters. The molecule has 0 atom stereocenters. The topological polar surface area (TPSA) is 29.1 Å². The third-order valence-electron chi connectivity index (χ3n) is 3.97. The van der Waals surface area contributed by atoms with Gasteiger partial charge in [0, 0.05) is 10.5 Å². The molecule has 0 saturated carbocycles. The molecule has 0 N–H and O–H groups in total. The van der Waals surface area contributed by atoms with Crippen molar-refractivity contribution in [2.45, 2.75) is 6.54 Å². The SMILES string of the molecule is Fc1cccc(F)c1C1=NCc2nccc[n+]2-c2ccc(Br)c(Cl)c21. The van der Waals surface area contributed by atoms with Gasteiger partial charge in [-0.2, -0.15) is 4.57 Å². The van der Waals surface area contributed by atoms with Gasteiger partial charge < -0.3 is 0 Å². The normalized spacial score (nSPS) is 12.9. The summed E-state index contributed by atoms with van der Waals surface area (Å²) in [4.78, 5) is 8.76. The first-order chi connectivity index (χ1) is 12.1. The molecule has 0 amide bonds. The highest BCUT2D eigenvalue weighted by atomic mass is 79.9. The van der Waals surface area contributed by atoms with Gasteiger partial charge in [-0.3, -0.25) is 4.99 Å². The molecule has 2 heterocycles. The molecule has 3 aromatic rings. The van der Waals surface area contributed by atoms with Crippen LogP contribution >= 0.6 is 27.5 Å². The molecule has 1 aliphatic rings. The monoisotopic (exact) mass is 420 g/mol. The Morgan fingerprint density at radius 3 is 2.56 bits per heavy atom. The van der Waals surface area contributed by atoms with E-state index in [2.05, 4.69) is 25.9 Å². The Hall–Kier alpha value is -2.18. The van der Waals surface area contributed by atoms with Crippen molar-refractivity contribution >= 4 is 33.2 Å². The zero-order valence-corrected chi connectivity index (χ0v) is 15.0. The smallest absolute Gasteiger partial charge is 0.271 e. The third kappa shape index (κ3) is 2.65. The van der Waals surface area contributed by atoms with E-state index in [1.54, 1.807) is 18.3 Å². The van der Waals surface area contributed by atoms with E-state index in [-0.39, 0.29) is 17.8 Å². The summed E-state index contributed by atoms with van der Waals surface area (Å²) in [7, 11) is 0. The number of aromatic nitrogens is 2. The number of benzene rings is 2. The first-order valence-electron chi connectivity index (χ1n) is 7.41. The molecule has 0 radical (unpaired) electrons. The van der Waals surface area contributed by atoms with E-state index in [9.17, 15) is 8.78 Å². The molecule has 0 aliphatic carbocycles. The van der Waals surface area contributed by atoms with Crippen molar-refractivity contribution in [3.8, 4) is 5.69 Å². The Balaban J connectivity index is 2.10. The second-order valence-electron chi connectivity index (χ2n) is 5.42. The molecule has 0 fully saturated rings. The van der Waals surface area contributed by atoms with Crippen molar-refractivity contribution in [3.63, 3.8) is 0 Å². The molecule has 124 valence electrons. The minimum atomic E-state index is -0.690. The second kappa shape index (κ2) is 6.28. The van der Waals surface area contributed by atoms with Crippen molar-refractivity contribution in [3.05, 3.63) is 86.9 Å². The summed E-state index contributed by atoms with van der Waals surface area (Å²) in [5.74, 6) is -0.733. The van der Waals surface area contributed by atoms with Crippen LogP contribution in [0.1, 0.15) is 17.0 Å². The van der Waals surface area contributed by atoms with Gasteiger partial charge >= 0.3 is 5.82 Å². The van der Waals surface area contributed by atoms with Gasteiger partial charge in [0.25, 0.3) is 0 Å². The fourth-order valence-electron chi connectivity index (χ4n) is 2.86. The largest absolute Gasteiger partial charge is 0.324 e. The van der Waals surface area contributed by atoms with E-state index < -0.39 is 11.6 Å². The molecule has 0 saturated heterocycles. The molecule has 7 heteroatoms. The van der Waals surface area contributed by atoms with Crippen LogP contribution in [0, 0.1) is 11.6 Å².